The van der Waals surface area contributed by atoms with Crippen molar-refractivity contribution in [1.82, 2.24) is 20.8 Å². The van der Waals surface area contributed by atoms with E-state index >= 15 is 0 Å². The highest BCUT2D eigenvalue weighted by Crippen LogP contribution is 2.30. The Labute approximate surface area is 149 Å². The second-order valence-corrected chi connectivity index (χ2v) is 7.65. The Kier molecular flexibility index (Phi) is 5.62. The fourth-order valence-electron chi connectivity index (χ4n) is 3.53. The molecule has 3 rings (SSSR count). The molecule has 0 saturated carbocycles. The topological polar surface area (TPSA) is 138 Å². The molecule has 2 bridgehead atoms. The maximum Gasteiger partial charge on any atom is 0.418 e. The molecule has 3 amide bonds. The summed E-state index contributed by atoms with van der Waals surface area (Å²) in [5.41, 5.74) is 2.29. The number of nitrogens with zero attached hydrogens (tertiary/aromatic N) is 2. The zero-order valence-corrected chi connectivity index (χ0v) is 14.7. The molecule has 3 fully saturated rings. The molecule has 26 heavy (non-hydrogen) atoms. The fourth-order valence-corrected chi connectivity index (χ4v) is 3.92. The second kappa shape index (κ2) is 7.60. The number of urea groups is 1. The van der Waals surface area contributed by atoms with Gasteiger partial charge in [-0.15, -0.1) is 4.28 Å². The van der Waals surface area contributed by atoms with Crippen LogP contribution in [0.15, 0.2) is 0 Å². The number of rotatable bonds is 7. The van der Waals surface area contributed by atoms with E-state index in [0.29, 0.717) is 30.9 Å². The quantitative estimate of drug-likeness (QED) is 0.367. The van der Waals surface area contributed by atoms with Gasteiger partial charge in [0.1, 0.15) is 6.04 Å². The van der Waals surface area contributed by atoms with Gasteiger partial charge in [0.25, 0.3) is 5.91 Å². The van der Waals surface area contributed by atoms with Crippen molar-refractivity contribution in [2.24, 2.45) is 5.92 Å². The number of halogens is 1. The number of alkyl halides is 1. The molecule has 2 unspecified atom stereocenters. The summed E-state index contributed by atoms with van der Waals surface area (Å²) in [6.07, 6.45) is 1.24. The summed E-state index contributed by atoms with van der Waals surface area (Å²) in [7, 11) is -4.83. The van der Waals surface area contributed by atoms with Crippen molar-refractivity contribution < 1.29 is 36.1 Å². The van der Waals surface area contributed by atoms with Gasteiger partial charge in [-0.3, -0.25) is 18.6 Å². The summed E-state index contributed by atoms with van der Waals surface area (Å²) in [6.45, 7) is 0.436. The minimum atomic E-state index is -4.83. The smallest absolute Gasteiger partial charge is 0.311 e. The van der Waals surface area contributed by atoms with Crippen molar-refractivity contribution >= 4 is 22.3 Å². The van der Waals surface area contributed by atoms with Gasteiger partial charge in [0.05, 0.1) is 19.3 Å². The van der Waals surface area contributed by atoms with Gasteiger partial charge in [0.2, 0.25) is 0 Å². The molecule has 3 aliphatic rings. The number of nitrogens with one attached hydrogen (secondary N) is 2. The van der Waals surface area contributed by atoms with Crippen LogP contribution in [0.4, 0.5) is 9.18 Å². The van der Waals surface area contributed by atoms with Crippen molar-refractivity contribution in [2.45, 2.75) is 37.4 Å². The number of piperidine rings is 1. The first-order valence-electron chi connectivity index (χ1n) is 8.26. The first kappa shape index (κ1) is 19.2. The molecule has 0 aliphatic carbocycles. The normalized spacial score (nSPS) is 31.5. The molecule has 0 aromatic heterocycles. The van der Waals surface area contributed by atoms with Crippen LogP contribution in [0.2, 0.25) is 0 Å². The van der Waals surface area contributed by atoms with Crippen LogP contribution >= 0.6 is 0 Å². The average molecular weight is 396 g/mol. The summed E-state index contributed by atoms with van der Waals surface area (Å²) in [6, 6.07) is -2.26. The molecule has 3 heterocycles. The van der Waals surface area contributed by atoms with Gasteiger partial charge in [-0.05, 0) is 19.3 Å². The van der Waals surface area contributed by atoms with Crippen LogP contribution in [0.25, 0.3) is 0 Å². The second-order valence-electron chi connectivity index (χ2n) is 6.65. The van der Waals surface area contributed by atoms with Crippen LogP contribution < -0.4 is 10.8 Å². The molecule has 13 heteroatoms. The number of carbonyl (C=O) groups is 2. The van der Waals surface area contributed by atoms with E-state index in [2.05, 4.69) is 15.1 Å². The van der Waals surface area contributed by atoms with Crippen molar-refractivity contribution in [3.05, 3.63) is 0 Å². The highest BCUT2D eigenvalue weighted by molar-refractivity contribution is 7.80. The van der Waals surface area contributed by atoms with E-state index in [-0.39, 0.29) is 25.1 Å². The summed E-state index contributed by atoms with van der Waals surface area (Å²) in [5, 5.41) is 3.66. The first-order valence-corrected chi connectivity index (χ1v) is 9.63. The SMILES string of the molecule is O=C(NOC[C@H]1C[C@@H](CF)CN1)C1CCC2CN1C(=O)N2OS(=O)(=O)O. The summed E-state index contributed by atoms with van der Waals surface area (Å²) >= 11 is 0. The fraction of sp³-hybridized carbons (Fsp3) is 0.846. The maximum atomic E-state index is 12.6. The van der Waals surface area contributed by atoms with E-state index in [1.807, 2.05) is 0 Å². The Morgan fingerprint density at radius 1 is 1.42 bits per heavy atom. The molecule has 0 aromatic rings. The highest BCUT2D eigenvalue weighted by atomic mass is 32.3. The van der Waals surface area contributed by atoms with Crippen molar-refractivity contribution in [1.29, 1.82) is 0 Å². The minimum Gasteiger partial charge on any atom is -0.311 e. The Bertz CT molecular complexity index is 663. The highest BCUT2D eigenvalue weighted by Gasteiger charge is 2.49. The third kappa shape index (κ3) is 4.23. The Hall–Kier alpha value is -1.54. The van der Waals surface area contributed by atoms with E-state index in [1.54, 1.807) is 0 Å². The molecule has 3 saturated heterocycles. The molecule has 11 nitrogen and oxygen atoms in total. The van der Waals surface area contributed by atoms with Gasteiger partial charge in [-0.25, -0.2) is 10.3 Å². The van der Waals surface area contributed by atoms with Gasteiger partial charge in [0.15, 0.2) is 0 Å². The van der Waals surface area contributed by atoms with E-state index in [0.717, 1.165) is 0 Å². The maximum absolute atomic E-state index is 12.6. The van der Waals surface area contributed by atoms with Gasteiger partial charge in [-0.2, -0.15) is 13.5 Å². The number of carbonyl (C=O) groups excluding carboxylic acids is 2. The summed E-state index contributed by atoms with van der Waals surface area (Å²) in [5.74, 6) is -0.587. The van der Waals surface area contributed by atoms with Crippen LogP contribution in [0, 0.1) is 5.92 Å². The van der Waals surface area contributed by atoms with E-state index in [1.165, 1.54) is 4.90 Å². The van der Waals surface area contributed by atoms with Crippen LogP contribution in [-0.2, 0) is 24.3 Å². The molecule has 3 aliphatic heterocycles. The molecule has 0 aromatic carbocycles. The largest absolute Gasteiger partial charge is 0.418 e. The van der Waals surface area contributed by atoms with E-state index in [4.69, 9.17) is 9.39 Å². The zero-order chi connectivity index (χ0) is 18.9. The summed E-state index contributed by atoms with van der Waals surface area (Å²) < 4.78 is 47.3. The Morgan fingerprint density at radius 3 is 2.85 bits per heavy atom. The average Bonchev–Trinajstić information content (AvgIpc) is 3.13. The molecule has 3 N–H and O–H groups in total. The standard InChI is InChI=1S/C13H21FN4O7S/c14-4-8-3-9(15-5-8)7-24-16-12(19)11-2-1-10-6-17(11)13(20)18(10)25-26(21,22)23/h8-11,15H,1-7H2,(H,16,19)(H,21,22,23)/t8-,9+,10?,11?/m0/s1. The lowest BCUT2D eigenvalue weighted by molar-refractivity contribution is -0.139. The zero-order valence-electron chi connectivity index (χ0n) is 13.8. The molecular formula is C13H21FN4O7S. The minimum absolute atomic E-state index is 0.0504. The third-order valence-corrected chi connectivity index (χ3v) is 5.14. The first-order chi connectivity index (χ1) is 12.3. The number of hydroxylamine groups is 3. The number of hydrogen-bond acceptors (Lipinski definition) is 7. The van der Waals surface area contributed by atoms with Crippen molar-refractivity contribution in [3.8, 4) is 0 Å². The number of hydrogen-bond donors (Lipinski definition) is 3. The monoisotopic (exact) mass is 396 g/mol. The number of fused-ring (bicyclic) bond motifs is 2. The van der Waals surface area contributed by atoms with Crippen molar-refractivity contribution in [3.63, 3.8) is 0 Å². The lowest BCUT2D eigenvalue weighted by Crippen LogP contribution is -2.50. The van der Waals surface area contributed by atoms with Crippen LogP contribution in [-0.4, -0.2) is 79.4 Å². The molecular weight excluding hydrogens is 375 g/mol. The third-order valence-electron chi connectivity index (χ3n) is 4.79. The predicted octanol–water partition coefficient (Wildman–Crippen LogP) is -1.02. The van der Waals surface area contributed by atoms with Crippen molar-refractivity contribution in [2.75, 3.05) is 26.4 Å². The van der Waals surface area contributed by atoms with Crippen LogP contribution in [0.1, 0.15) is 19.3 Å². The molecule has 0 radical (unpaired) electrons. The van der Waals surface area contributed by atoms with Gasteiger partial charge in [0, 0.05) is 25.0 Å². The van der Waals surface area contributed by atoms with Gasteiger partial charge in [-0.1, -0.05) is 0 Å². The summed E-state index contributed by atoms with van der Waals surface area (Å²) in [4.78, 5) is 30.8. The Morgan fingerprint density at radius 2 is 2.19 bits per heavy atom. The Balaban J connectivity index is 1.49. The molecule has 4 atom stereocenters. The van der Waals surface area contributed by atoms with Gasteiger partial charge < -0.3 is 10.2 Å². The van der Waals surface area contributed by atoms with E-state index < -0.39 is 41.1 Å². The van der Waals surface area contributed by atoms with E-state index in [9.17, 15) is 22.4 Å². The van der Waals surface area contributed by atoms with Crippen LogP contribution in [0.3, 0.4) is 0 Å². The number of amides is 3. The van der Waals surface area contributed by atoms with Gasteiger partial charge >= 0.3 is 16.4 Å². The molecule has 0 spiro atoms. The molecule has 148 valence electrons. The lowest BCUT2D eigenvalue weighted by Gasteiger charge is -2.29. The predicted molar refractivity (Wildman–Crippen MR) is 83.4 cm³/mol. The van der Waals surface area contributed by atoms with Crippen LogP contribution in [0.5, 0.6) is 0 Å². The lowest BCUT2D eigenvalue weighted by atomic mass is 10.0.